The molecule has 0 bridgehead atoms. The van der Waals surface area contributed by atoms with E-state index in [1.54, 1.807) is 64.1 Å². The zero-order chi connectivity index (χ0) is 28.0. The minimum atomic E-state index is -0.848. The van der Waals surface area contributed by atoms with Crippen molar-refractivity contribution in [2.45, 2.75) is 39.9 Å². The molecule has 0 spiro atoms. The molecule has 3 rings (SSSR count). The molecule has 2 amide bonds. The largest absolute Gasteiger partial charge is 0.459 e. The molecule has 0 fully saturated rings. The second-order valence-electron chi connectivity index (χ2n) is 9.01. The van der Waals surface area contributed by atoms with E-state index in [2.05, 4.69) is 10.6 Å². The fourth-order valence-electron chi connectivity index (χ4n) is 3.50. The highest BCUT2D eigenvalue weighted by molar-refractivity contribution is 6.17. The number of benzene rings is 3. The number of ether oxygens (including phenoxy) is 2. The number of anilines is 4. The van der Waals surface area contributed by atoms with Crippen LogP contribution in [0.2, 0.25) is 0 Å². The van der Waals surface area contributed by atoms with E-state index in [1.807, 2.05) is 0 Å². The van der Waals surface area contributed by atoms with Crippen molar-refractivity contribution >= 4 is 46.5 Å². The van der Waals surface area contributed by atoms with Crippen molar-refractivity contribution in [3.8, 4) is 0 Å². The van der Waals surface area contributed by atoms with Crippen LogP contribution >= 0.6 is 0 Å². The van der Waals surface area contributed by atoms with E-state index in [4.69, 9.17) is 20.9 Å². The lowest BCUT2D eigenvalue weighted by molar-refractivity contribution is 0.0359. The van der Waals surface area contributed by atoms with E-state index < -0.39 is 36.0 Å². The highest BCUT2D eigenvalue weighted by Crippen LogP contribution is 2.24. The van der Waals surface area contributed by atoms with Crippen molar-refractivity contribution in [3.05, 3.63) is 82.9 Å². The highest BCUT2D eigenvalue weighted by atomic mass is 16.5. The van der Waals surface area contributed by atoms with Crippen LogP contribution in [0.15, 0.2) is 60.7 Å². The van der Waals surface area contributed by atoms with E-state index in [-0.39, 0.29) is 22.3 Å². The van der Waals surface area contributed by atoms with Crippen LogP contribution in [0.3, 0.4) is 0 Å². The Morgan fingerprint density at radius 3 is 1.29 bits per heavy atom. The van der Waals surface area contributed by atoms with Crippen molar-refractivity contribution in [2.24, 2.45) is 0 Å². The average molecular weight is 519 g/mol. The zero-order valence-electron chi connectivity index (χ0n) is 21.5. The lowest BCUT2D eigenvalue weighted by Crippen LogP contribution is -2.25. The Hall–Kier alpha value is -4.86. The second kappa shape index (κ2) is 11.9. The van der Waals surface area contributed by atoms with E-state index in [0.717, 1.165) is 12.1 Å². The van der Waals surface area contributed by atoms with Gasteiger partial charge < -0.3 is 31.6 Å². The maximum absolute atomic E-state index is 13.3. The second-order valence-corrected chi connectivity index (χ2v) is 9.01. The molecule has 3 aromatic carbocycles. The first-order valence-electron chi connectivity index (χ1n) is 11.9. The molecule has 0 saturated heterocycles. The molecule has 0 saturated carbocycles. The number of carbonyl (C=O) groups excluding carboxylic acids is 4. The Morgan fingerprint density at radius 2 is 0.974 bits per heavy atom. The molecule has 0 aliphatic rings. The third kappa shape index (κ3) is 7.10. The van der Waals surface area contributed by atoms with Gasteiger partial charge in [-0.25, -0.2) is 9.59 Å². The number of nitrogen functional groups attached to an aromatic ring is 2. The average Bonchev–Trinajstić information content (AvgIpc) is 2.82. The van der Waals surface area contributed by atoms with Crippen LogP contribution in [-0.4, -0.2) is 36.0 Å². The van der Waals surface area contributed by atoms with Crippen LogP contribution in [0.4, 0.5) is 22.7 Å². The molecule has 10 nitrogen and oxygen atoms in total. The standard InChI is InChI=1S/C28H30N4O6/c1-15(2)37-27(35)23-13-22(26(34)32-20-10-6-8-18(30)12-20)24(28(36)38-16(3)4)14-21(23)25(33)31-19-9-5-7-17(29)11-19/h5-16H,29-30H2,1-4H3,(H,31,33)(H,32,34). The lowest BCUT2D eigenvalue weighted by Gasteiger charge is -2.17. The number of esters is 2. The smallest absolute Gasteiger partial charge is 0.339 e. The molecule has 0 atom stereocenters. The summed E-state index contributed by atoms with van der Waals surface area (Å²) >= 11 is 0. The number of amides is 2. The summed E-state index contributed by atoms with van der Waals surface area (Å²) < 4.78 is 10.7. The van der Waals surface area contributed by atoms with Crippen LogP contribution < -0.4 is 22.1 Å². The highest BCUT2D eigenvalue weighted by Gasteiger charge is 2.28. The SMILES string of the molecule is CC(C)OC(=O)c1cc(C(=O)Nc2cccc(N)c2)c(C(=O)OC(C)C)cc1C(=O)Nc1cccc(N)c1. The molecular formula is C28H30N4O6. The predicted molar refractivity (Wildman–Crippen MR) is 145 cm³/mol. The minimum absolute atomic E-state index is 0.186. The van der Waals surface area contributed by atoms with Gasteiger partial charge in [-0.3, -0.25) is 9.59 Å². The number of nitrogens with two attached hydrogens (primary N) is 2. The van der Waals surface area contributed by atoms with Crippen LogP contribution in [-0.2, 0) is 9.47 Å². The van der Waals surface area contributed by atoms with E-state index in [0.29, 0.717) is 22.7 Å². The molecule has 0 aliphatic heterocycles. The number of rotatable bonds is 8. The van der Waals surface area contributed by atoms with E-state index in [1.165, 1.54) is 12.1 Å². The molecule has 10 heteroatoms. The van der Waals surface area contributed by atoms with Crippen LogP contribution in [0.25, 0.3) is 0 Å². The van der Waals surface area contributed by atoms with Crippen molar-refractivity contribution in [2.75, 3.05) is 22.1 Å². The topological polar surface area (TPSA) is 163 Å². The summed E-state index contributed by atoms with van der Waals surface area (Å²) in [4.78, 5) is 52.7. The first kappa shape index (κ1) is 27.7. The summed E-state index contributed by atoms with van der Waals surface area (Å²) in [6.07, 6.45) is -1.02. The maximum atomic E-state index is 13.3. The number of hydrogen-bond acceptors (Lipinski definition) is 8. The summed E-state index contributed by atoms with van der Waals surface area (Å²) in [7, 11) is 0. The molecule has 0 heterocycles. The van der Waals surface area contributed by atoms with Gasteiger partial charge in [0.1, 0.15) is 0 Å². The number of carbonyl (C=O) groups is 4. The van der Waals surface area contributed by atoms with Gasteiger partial charge in [-0.1, -0.05) is 12.1 Å². The normalized spacial score (nSPS) is 10.7. The van der Waals surface area contributed by atoms with Gasteiger partial charge in [-0.2, -0.15) is 0 Å². The molecule has 0 aliphatic carbocycles. The van der Waals surface area contributed by atoms with Gasteiger partial charge in [0.15, 0.2) is 0 Å². The van der Waals surface area contributed by atoms with Gasteiger partial charge in [0, 0.05) is 22.7 Å². The van der Waals surface area contributed by atoms with Crippen molar-refractivity contribution in [1.29, 1.82) is 0 Å². The molecule has 0 radical (unpaired) electrons. The van der Waals surface area contributed by atoms with Crippen LogP contribution in [0, 0.1) is 0 Å². The number of nitrogens with one attached hydrogen (secondary N) is 2. The fourth-order valence-corrected chi connectivity index (χ4v) is 3.50. The Labute approximate surface area is 220 Å². The maximum Gasteiger partial charge on any atom is 0.339 e. The Bertz CT molecular complexity index is 1280. The van der Waals surface area contributed by atoms with Crippen LogP contribution in [0.1, 0.15) is 69.1 Å². The van der Waals surface area contributed by atoms with Gasteiger partial charge in [-0.05, 0) is 76.2 Å². The van der Waals surface area contributed by atoms with Gasteiger partial charge >= 0.3 is 11.9 Å². The van der Waals surface area contributed by atoms with Crippen LogP contribution in [0.5, 0.6) is 0 Å². The third-order valence-electron chi connectivity index (χ3n) is 5.06. The van der Waals surface area contributed by atoms with Crippen molar-refractivity contribution < 1.29 is 28.7 Å². The Kier molecular flexibility index (Phi) is 8.69. The van der Waals surface area contributed by atoms with Crippen molar-refractivity contribution in [1.82, 2.24) is 0 Å². The summed E-state index contributed by atoms with van der Waals surface area (Å²) in [5, 5.41) is 5.31. The van der Waals surface area contributed by atoms with Crippen molar-refractivity contribution in [3.63, 3.8) is 0 Å². The first-order chi connectivity index (χ1) is 17.9. The zero-order valence-corrected chi connectivity index (χ0v) is 21.5. The van der Waals surface area contributed by atoms with E-state index >= 15 is 0 Å². The van der Waals surface area contributed by atoms with E-state index in [9.17, 15) is 19.2 Å². The summed E-state index contributed by atoms with van der Waals surface area (Å²) in [6, 6.07) is 15.2. The minimum Gasteiger partial charge on any atom is -0.459 e. The summed E-state index contributed by atoms with van der Waals surface area (Å²) in [5.74, 6) is -3.13. The Morgan fingerprint density at radius 1 is 0.605 bits per heavy atom. The summed E-state index contributed by atoms with van der Waals surface area (Å²) in [5.41, 5.74) is 12.4. The first-order valence-corrected chi connectivity index (χ1v) is 11.9. The number of hydrogen-bond donors (Lipinski definition) is 4. The monoisotopic (exact) mass is 518 g/mol. The summed E-state index contributed by atoms with van der Waals surface area (Å²) in [6.45, 7) is 6.58. The lowest BCUT2D eigenvalue weighted by atomic mass is 9.96. The molecule has 0 unspecified atom stereocenters. The molecule has 3 aromatic rings. The third-order valence-corrected chi connectivity index (χ3v) is 5.06. The molecule has 38 heavy (non-hydrogen) atoms. The molecular weight excluding hydrogens is 488 g/mol. The molecule has 198 valence electrons. The van der Waals surface area contributed by atoms with Gasteiger partial charge in [-0.15, -0.1) is 0 Å². The predicted octanol–water partition coefficient (Wildman–Crippen LogP) is 4.49. The Balaban J connectivity index is 2.15. The van der Waals surface area contributed by atoms with Gasteiger partial charge in [0.05, 0.1) is 34.5 Å². The quantitative estimate of drug-likeness (QED) is 0.250. The molecule has 6 N–H and O–H groups in total. The molecule has 0 aromatic heterocycles. The van der Waals surface area contributed by atoms with Gasteiger partial charge in [0.2, 0.25) is 0 Å². The van der Waals surface area contributed by atoms with Gasteiger partial charge in [0.25, 0.3) is 11.8 Å². The fraction of sp³-hybridized carbons (Fsp3) is 0.214.